The lowest BCUT2D eigenvalue weighted by molar-refractivity contribution is -0.132. The third kappa shape index (κ3) is 4.26. The number of hydrogen-bond donors (Lipinski definition) is 0. The van der Waals surface area contributed by atoms with Crippen LogP contribution in [0.5, 0.6) is 0 Å². The van der Waals surface area contributed by atoms with Crippen molar-refractivity contribution >= 4 is 50.4 Å². The van der Waals surface area contributed by atoms with E-state index in [9.17, 15) is 4.79 Å². The minimum Gasteiger partial charge on any atom is -0.340 e. The van der Waals surface area contributed by atoms with Gasteiger partial charge in [0, 0.05) is 50.4 Å². The van der Waals surface area contributed by atoms with Gasteiger partial charge in [-0.25, -0.2) is 4.98 Å². The van der Waals surface area contributed by atoms with Crippen molar-refractivity contribution in [1.29, 1.82) is 0 Å². The highest BCUT2D eigenvalue weighted by Crippen LogP contribution is 2.24. The molecule has 0 saturated carbocycles. The molecule has 1 fully saturated rings. The number of aryl methyl sites for hydroxylation is 1. The normalized spacial score (nSPS) is 15.7. The van der Waals surface area contributed by atoms with Gasteiger partial charge in [-0.05, 0) is 24.3 Å². The van der Waals surface area contributed by atoms with E-state index in [0.29, 0.717) is 6.42 Å². The van der Waals surface area contributed by atoms with Crippen LogP contribution in [0.2, 0.25) is 4.34 Å². The van der Waals surface area contributed by atoms with Crippen LogP contribution in [0.3, 0.4) is 0 Å². The van der Waals surface area contributed by atoms with Crippen molar-refractivity contribution in [2.45, 2.75) is 19.4 Å². The van der Waals surface area contributed by atoms with Crippen LogP contribution in [0.4, 0.5) is 0 Å². The summed E-state index contributed by atoms with van der Waals surface area (Å²) in [6, 6.07) is 12.2. The van der Waals surface area contributed by atoms with Gasteiger partial charge in [-0.3, -0.25) is 9.69 Å². The van der Waals surface area contributed by atoms with Crippen molar-refractivity contribution in [3.8, 4) is 0 Å². The molecule has 1 saturated heterocycles. The maximum absolute atomic E-state index is 12.5. The second-order valence-electron chi connectivity index (χ2n) is 6.44. The van der Waals surface area contributed by atoms with Crippen molar-refractivity contribution in [2.24, 2.45) is 0 Å². The quantitative estimate of drug-likeness (QED) is 0.635. The van der Waals surface area contributed by atoms with Crippen molar-refractivity contribution in [1.82, 2.24) is 14.8 Å². The maximum Gasteiger partial charge on any atom is 0.223 e. The Morgan fingerprint density at radius 3 is 2.62 bits per heavy atom. The number of hydrogen-bond acceptors (Lipinski definition) is 5. The Hall–Kier alpha value is -1.47. The number of fused-ring (bicyclic) bond motifs is 1. The van der Waals surface area contributed by atoms with E-state index in [1.807, 2.05) is 29.2 Å². The van der Waals surface area contributed by atoms with E-state index in [0.717, 1.165) is 54.0 Å². The number of carbonyl (C=O) groups excluding carboxylic acids is 1. The molecular formula is C19H20ClN3OS2. The highest BCUT2D eigenvalue weighted by molar-refractivity contribution is 7.18. The highest BCUT2D eigenvalue weighted by atomic mass is 35.5. The van der Waals surface area contributed by atoms with Gasteiger partial charge in [0.05, 0.1) is 19.6 Å². The van der Waals surface area contributed by atoms with E-state index in [1.165, 1.54) is 9.58 Å². The van der Waals surface area contributed by atoms with E-state index in [1.54, 1.807) is 22.7 Å². The largest absolute Gasteiger partial charge is 0.340 e. The molecule has 0 spiro atoms. The van der Waals surface area contributed by atoms with Gasteiger partial charge < -0.3 is 4.90 Å². The Labute approximate surface area is 166 Å². The molecule has 1 aliphatic heterocycles. The van der Waals surface area contributed by atoms with E-state index in [4.69, 9.17) is 11.6 Å². The average molecular weight is 406 g/mol. The summed E-state index contributed by atoms with van der Waals surface area (Å²) in [6.45, 7) is 4.37. The van der Waals surface area contributed by atoms with Crippen LogP contribution in [-0.2, 0) is 17.8 Å². The summed E-state index contributed by atoms with van der Waals surface area (Å²) in [4.78, 5) is 22.8. The van der Waals surface area contributed by atoms with Crippen LogP contribution in [0.15, 0.2) is 36.4 Å². The van der Waals surface area contributed by atoms with E-state index in [2.05, 4.69) is 22.0 Å². The van der Waals surface area contributed by atoms with Gasteiger partial charge in [-0.1, -0.05) is 23.7 Å². The minimum atomic E-state index is 0.239. The average Bonchev–Trinajstić information content (AvgIpc) is 3.25. The standard InChI is InChI=1S/C19H20ClN3OS2/c20-17-6-5-14(25-17)13-22-9-11-23(12-10-22)19(24)8-7-18-21-15-3-1-2-4-16(15)26-18/h1-6H,7-13H2. The molecule has 0 aliphatic carbocycles. The molecule has 0 unspecified atom stereocenters. The number of benzene rings is 1. The fraction of sp³-hybridized carbons (Fsp3) is 0.368. The second-order valence-corrected chi connectivity index (χ2v) is 9.35. The Kier molecular flexibility index (Phi) is 5.55. The van der Waals surface area contributed by atoms with Crippen molar-refractivity contribution < 1.29 is 4.79 Å². The topological polar surface area (TPSA) is 36.4 Å². The zero-order valence-electron chi connectivity index (χ0n) is 14.4. The Morgan fingerprint density at radius 1 is 1.08 bits per heavy atom. The minimum absolute atomic E-state index is 0.239. The first-order valence-electron chi connectivity index (χ1n) is 8.76. The summed E-state index contributed by atoms with van der Waals surface area (Å²) in [5.74, 6) is 0.239. The van der Waals surface area contributed by atoms with E-state index >= 15 is 0 Å². The van der Waals surface area contributed by atoms with E-state index in [-0.39, 0.29) is 5.91 Å². The van der Waals surface area contributed by atoms with Gasteiger partial charge in [0.15, 0.2) is 0 Å². The number of thiazole rings is 1. The molecule has 1 aromatic carbocycles. The summed E-state index contributed by atoms with van der Waals surface area (Å²) in [7, 11) is 0. The number of para-hydroxylation sites is 1. The lowest BCUT2D eigenvalue weighted by Gasteiger charge is -2.34. The van der Waals surface area contributed by atoms with Crippen LogP contribution >= 0.6 is 34.3 Å². The molecule has 0 bridgehead atoms. The zero-order valence-corrected chi connectivity index (χ0v) is 16.7. The van der Waals surface area contributed by atoms with Gasteiger partial charge >= 0.3 is 0 Å². The van der Waals surface area contributed by atoms with Crippen LogP contribution in [0.25, 0.3) is 10.2 Å². The molecule has 3 aromatic rings. The molecule has 7 heteroatoms. The predicted octanol–water partition coefficient (Wildman–Crippen LogP) is 4.29. The third-order valence-corrected chi connectivity index (χ3v) is 6.94. The predicted molar refractivity (Wildman–Crippen MR) is 109 cm³/mol. The SMILES string of the molecule is O=C(CCc1nc2ccccc2s1)N1CCN(Cc2ccc(Cl)s2)CC1. The Bertz CT molecular complexity index is 866. The smallest absolute Gasteiger partial charge is 0.223 e. The zero-order chi connectivity index (χ0) is 17.9. The molecule has 4 rings (SSSR count). The first-order chi connectivity index (χ1) is 12.7. The Balaban J connectivity index is 1.25. The lowest BCUT2D eigenvalue weighted by Crippen LogP contribution is -2.48. The van der Waals surface area contributed by atoms with Crippen LogP contribution in [0, 0.1) is 0 Å². The number of rotatable bonds is 5. The summed E-state index contributed by atoms with van der Waals surface area (Å²) in [5.41, 5.74) is 1.03. The molecule has 26 heavy (non-hydrogen) atoms. The number of amides is 1. The van der Waals surface area contributed by atoms with Crippen LogP contribution < -0.4 is 0 Å². The molecule has 1 amide bonds. The van der Waals surface area contributed by atoms with Gasteiger partial charge in [0.1, 0.15) is 0 Å². The fourth-order valence-electron chi connectivity index (χ4n) is 3.21. The summed E-state index contributed by atoms with van der Waals surface area (Å²) < 4.78 is 2.03. The van der Waals surface area contributed by atoms with Gasteiger partial charge in [-0.2, -0.15) is 0 Å². The van der Waals surface area contributed by atoms with Gasteiger partial charge in [0.2, 0.25) is 5.91 Å². The van der Waals surface area contributed by atoms with Gasteiger partial charge in [0.25, 0.3) is 0 Å². The molecule has 4 nitrogen and oxygen atoms in total. The summed E-state index contributed by atoms with van der Waals surface area (Å²) in [6.07, 6.45) is 1.27. The second kappa shape index (κ2) is 8.05. The Morgan fingerprint density at radius 2 is 1.88 bits per heavy atom. The molecule has 3 heterocycles. The summed E-state index contributed by atoms with van der Waals surface area (Å²) >= 11 is 9.32. The van der Waals surface area contributed by atoms with Crippen LogP contribution in [0.1, 0.15) is 16.3 Å². The number of piperazine rings is 1. The van der Waals surface area contributed by atoms with Crippen molar-refractivity contribution in [3.63, 3.8) is 0 Å². The molecular weight excluding hydrogens is 386 g/mol. The molecule has 0 N–H and O–H groups in total. The third-order valence-electron chi connectivity index (χ3n) is 4.62. The number of nitrogens with zero attached hydrogens (tertiary/aromatic N) is 3. The molecule has 0 atom stereocenters. The molecule has 136 valence electrons. The lowest BCUT2D eigenvalue weighted by atomic mass is 10.2. The van der Waals surface area contributed by atoms with Crippen LogP contribution in [-0.4, -0.2) is 46.9 Å². The number of thiophene rings is 1. The number of halogens is 1. The van der Waals surface area contributed by atoms with E-state index < -0.39 is 0 Å². The number of carbonyl (C=O) groups is 1. The molecule has 0 radical (unpaired) electrons. The summed E-state index contributed by atoms with van der Waals surface area (Å²) in [5, 5.41) is 1.05. The van der Waals surface area contributed by atoms with Crippen molar-refractivity contribution in [2.75, 3.05) is 26.2 Å². The number of aromatic nitrogens is 1. The molecule has 1 aliphatic rings. The van der Waals surface area contributed by atoms with Crippen molar-refractivity contribution in [3.05, 3.63) is 50.6 Å². The molecule has 2 aromatic heterocycles. The van der Waals surface area contributed by atoms with Gasteiger partial charge in [-0.15, -0.1) is 22.7 Å². The fourth-order valence-corrected chi connectivity index (χ4v) is 5.31. The maximum atomic E-state index is 12.5. The first kappa shape index (κ1) is 17.9. The highest BCUT2D eigenvalue weighted by Gasteiger charge is 2.21. The monoisotopic (exact) mass is 405 g/mol. The first-order valence-corrected chi connectivity index (χ1v) is 10.8.